The van der Waals surface area contributed by atoms with Crippen LogP contribution in [0.4, 0.5) is 8.78 Å². The number of hydrogen-bond donors (Lipinski definition) is 3. The van der Waals surface area contributed by atoms with Gasteiger partial charge in [0, 0.05) is 23.8 Å². The molecule has 4 aromatic rings. The van der Waals surface area contributed by atoms with Gasteiger partial charge >= 0.3 is 0 Å². The van der Waals surface area contributed by atoms with Crippen LogP contribution in [0.5, 0.6) is 0 Å². The Morgan fingerprint density at radius 3 is 2.33 bits per heavy atom. The SMILES string of the molecule is Cc1noc(-c2ccc(-c3ccc4cc(C(O)NC5(C(=O)NC6(C#N)CC6)CCC(F)(F)CC5)oc4c3)cc2)n1. The second-order valence-electron chi connectivity index (χ2n) is 10.8. The minimum Gasteiger partial charge on any atom is -0.457 e. The van der Waals surface area contributed by atoms with Crippen molar-refractivity contribution in [3.63, 3.8) is 0 Å². The number of fused-ring (bicyclic) bond motifs is 1. The first-order valence-corrected chi connectivity index (χ1v) is 13.1. The van der Waals surface area contributed by atoms with Crippen LogP contribution in [0.1, 0.15) is 56.3 Å². The van der Waals surface area contributed by atoms with E-state index in [-0.39, 0.29) is 18.6 Å². The second-order valence-corrected chi connectivity index (χ2v) is 10.8. The fraction of sp³-hybridized carbons (Fsp3) is 0.379. The summed E-state index contributed by atoms with van der Waals surface area (Å²) in [7, 11) is 0. The molecule has 1 amide bonds. The predicted molar refractivity (Wildman–Crippen MR) is 140 cm³/mol. The largest absolute Gasteiger partial charge is 0.457 e. The number of aliphatic hydroxyl groups excluding tert-OH is 1. The molecule has 3 N–H and O–H groups in total. The minimum atomic E-state index is -2.89. The van der Waals surface area contributed by atoms with Crippen LogP contribution in [0.3, 0.4) is 0 Å². The normalized spacial score (nSPS) is 19.6. The van der Waals surface area contributed by atoms with Crippen molar-refractivity contribution in [2.75, 3.05) is 0 Å². The van der Waals surface area contributed by atoms with E-state index in [1.165, 1.54) is 0 Å². The van der Waals surface area contributed by atoms with Crippen molar-refractivity contribution in [1.82, 2.24) is 20.8 Å². The third-order valence-electron chi connectivity index (χ3n) is 7.80. The summed E-state index contributed by atoms with van der Waals surface area (Å²) in [6.45, 7) is 1.75. The number of rotatable bonds is 7. The maximum atomic E-state index is 14.0. The second kappa shape index (κ2) is 9.50. The number of amides is 1. The van der Waals surface area contributed by atoms with E-state index in [0.29, 0.717) is 30.1 Å². The highest BCUT2D eigenvalue weighted by Gasteiger charge is 2.53. The Morgan fingerprint density at radius 1 is 1.02 bits per heavy atom. The standard InChI is InChI=1S/C29H27F2N5O4/c1-17-33-25(40-36-17)19-4-2-18(3-5-19)20-6-7-21-15-23(39-22(21)14-20)24(37)34-28(10-12-29(30,31)13-11-28)26(38)35-27(16-32)8-9-27/h2-7,14-15,24,34,37H,8-13H2,1H3,(H,35,38). The maximum Gasteiger partial charge on any atom is 0.257 e. The highest BCUT2D eigenvalue weighted by molar-refractivity contribution is 5.88. The number of furan rings is 1. The molecule has 11 heteroatoms. The molecule has 206 valence electrons. The van der Waals surface area contributed by atoms with Crippen LogP contribution in [0.25, 0.3) is 33.6 Å². The molecule has 2 heterocycles. The van der Waals surface area contributed by atoms with Crippen molar-refractivity contribution >= 4 is 16.9 Å². The Bertz CT molecular complexity index is 1610. The van der Waals surface area contributed by atoms with Gasteiger partial charge in [-0.3, -0.25) is 10.1 Å². The Balaban J connectivity index is 1.22. The third kappa shape index (κ3) is 4.96. The lowest BCUT2D eigenvalue weighted by atomic mass is 9.78. The molecule has 2 aliphatic rings. The van der Waals surface area contributed by atoms with Crippen molar-refractivity contribution in [2.24, 2.45) is 0 Å². The molecule has 2 fully saturated rings. The van der Waals surface area contributed by atoms with Gasteiger partial charge in [-0.05, 0) is 68.0 Å². The molecule has 2 saturated carbocycles. The van der Waals surface area contributed by atoms with Crippen LogP contribution in [-0.2, 0) is 4.79 Å². The number of aryl methyl sites for hydroxylation is 1. The van der Waals surface area contributed by atoms with E-state index >= 15 is 0 Å². The summed E-state index contributed by atoms with van der Waals surface area (Å²) in [4.78, 5) is 17.5. The topological polar surface area (TPSA) is 137 Å². The lowest BCUT2D eigenvalue weighted by Crippen LogP contribution is -2.62. The number of carbonyl (C=O) groups excluding carboxylic acids is 1. The third-order valence-corrected chi connectivity index (χ3v) is 7.80. The Kier molecular flexibility index (Phi) is 6.20. The molecule has 9 nitrogen and oxygen atoms in total. The summed E-state index contributed by atoms with van der Waals surface area (Å²) < 4.78 is 39.2. The number of nitrogens with zero attached hydrogens (tertiary/aromatic N) is 3. The fourth-order valence-corrected chi connectivity index (χ4v) is 5.12. The highest BCUT2D eigenvalue weighted by Crippen LogP contribution is 2.42. The van der Waals surface area contributed by atoms with Gasteiger partial charge < -0.3 is 19.4 Å². The molecule has 0 bridgehead atoms. The number of aliphatic hydroxyl groups is 1. The summed E-state index contributed by atoms with van der Waals surface area (Å²) in [5, 5.41) is 30.6. The average Bonchev–Trinajstić information content (AvgIpc) is 3.36. The van der Waals surface area contributed by atoms with Gasteiger partial charge in [0.05, 0.1) is 6.07 Å². The van der Waals surface area contributed by atoms with Crippen molar-refractivity contribution in [3.05, 3.63) is 60.1 Å². The lowest BCUT2D eigenvalue weighted by molar-refractivity contribution is -0.137. The molecule has 2 aromatic heterocycles. The zero-order valence-corrected chi connectivity index (χ0v) is 21.7. The molecule has 2 aliphatic carbocycles. The molecule has 1 atom stereocenters. The molecular weight excluding hydrogens is 520 g/mol. The smallest absolute Gasteiger partial charge is 0.257 e. The summed E-state index contributed by atoms with van der Waals surface area (Å²) in [5.41, 5.74) is 0.677. The summed E-state index contributed by atoms with van der Waals surface area (Å²) in [6, 6.07) is 17.0. The molecule has 1 unspecified atom stereocenters. The number of benzene rings is 2. The highest BCUT2D eigenvalue weighted by atomic mass is 19.3. The Hall–Kier alpha value is -4.14. The summed E-state index contributed by atoms with van der Waals surface area (Å²) in [6.07, 6.45) is -1.79. The van der Waals surface area contributed by atoms with Gasteiger partial charge in [0.25, 0.3) is 5.89 Å². The summed E-state index contributed by atoms with van der Waals surface area (Å²) in [5.74, 6) is -2.30. The molecule has 6 rings (SSSR count). The van der Waals surface area contributed by atoms with Crippen molar-refractivity contribution in [2.45, 2.75) is 68.7 Å². The summed E-state index contributed by atoms with van der Waals surface area (Å²) >= 11 is 0. The van der Waals surface area contributed by atoms with Gasteiger partial charge in [-0.15, -0.1) is 0 Å². The van der Waals surface area contributed by atoms with Gasteiger partial charge in [-0.1, -0.05) is 29.4 Å². The van der Waals surface area contributed by atoms with E-state index in [4.69, 9.17) is 8.94 Å². The fourth-order valence-electron chi connectivity index (χ4n) is 5.12. The van der Waals surface area contributed by atoms with E-state index < -0.39 is 42.0 Å². The van der Waals surface area contributed by atoms with E-state index in [0.717, 1.165) is 22.1 Å². The first-order valence-electron chi connectivity index (χ1n) is 13.1. The average molecular weight is 548 g/mol. The van der Waals surface area contributed by atoms with Gasteiger partial charge in [-0.2, -0.15) is 10.2 Å². The number of carbonyl (C=O) groups is 1. The Morgan fingerprint density at radius 2 is 1.70 bits per heavy atom. The number of halogens is 2. The number of hydrogen-bond acceptors (Lipinski definition) is 8. The number of alkyl halides is 2. The maximum absolute atomic E-state index is 14.0. The van der Waals surface area contributed by atoms with Gasteiger partial charge in [0.2, 0.25) is 11.8 Å². The van der Waals surface area contributed by atoms with E-state index in [1.54, 1.807) is 13.0 Å². The van der Waals surface area contributed by atoms with E-state index in [2.05, 4.69) is 26.8 Å². The van der Waals surface area contributed by atoms with Crippen LogP contribution in [0, 0.1) is 18.3 Å². The van der Waals surface area contributed by atoms with Crippen LogP contribution in [-0.4, -0.2) is 38.2 Å². The van der Waals surface area contributed by atoms with E-state index in [1.807, 2.05) is 42.5 Å². The van der Waals surface area contributed by atoms with Crippen LogP contribution in [0.15, 0.2) is 57.5 Å². The quantitative estimate of drug-likeness (QED) is 0.270. The van der Waals surface area contributed by atoms with E-state index in [9.17, 15) is 23.9 Å². The van der Waals surface area contributed by atoms with Crippen LogP contribution >= 0.6 is 0 Å². The zero-order valence-electron chi connectivity index (χ0n) is 21.7. The molecule has 0 radical (unpaired) electrons. The van der Waals surface area contributed by atoms with Crippen LogP contribution in [0.2, 0.25) is 0 Å². The van der Waals surface area contributed by atoms with Crippen molar-refractivity contribution in [1.29, 1.82) is 5.26 Å². The monoisotopic (exact) mass is 547 g/mol. The number of nitriles is 1. The van der Waals surface area contributed by atoms with Crippen LogP contribution < -0.4 is 10.6 Å². The van der Waals surface area contributed by atoms with Gasteiger partial charge in [-0.25, -0.2) is 8.78 Å². The number of aromatic nitrogens is 2. The number of nitrogens with one attached hydrogen (secondary N) is 2. The van der Waals surface area contributed by atoms with Crippen molar-refractivity contribution < 1.29 is 27.6 Å². The molecular formula is C29H27F2N5O4. The first kappa shape index (κ1) is 26.1. The zero-order chi connectivity index (χ0) is 28.1. The first-order chi connectivity index (χ1) is 19.1. The van der Waals surface area contributed by atoms with Crippen molar-refractivity contribution in [3.8, 4) is 28.7 Å². The molecule has 0 aliphatic heterocycles. The molecule has 40 heavy (non-hydrogen) atoms. The molecule has 0 spiro atoms. The Labute approximate surface area is 228 Å². The van der Waals surface area contributed by atoms with Gasteiger partial charge in [0.1, 0.15) is 22.4 Å². The molecule has 2 aromatic carbocycles. The predicted octanol–water partition coefficient (Wildman–Crippen LogP) is 5.16. The minimum absolute atomic E-state index is 0.153. The lowest BCUT2D eigenvalue weighted by Gasteiger charge is -2.41. The van der Waals surface area contributed by atoms with Gasteiger partial charge in [0.15, 0.2) is 12.1 Å². The molecule has 0 saturated heterocycles.